The molecule has 0 fully saturated rings. The predicted octanol–water partition coefficient (Wildman–Crippen LogP) is 2.92. The Bertz CT molecular complexity index is 597. The second kappa shape index (κ2) is 6.74. The van der Waals surface area contributed by atoms with E-state index >= 15 is 0 Å². The monoisotopic (exact) mass is 288 g/mol. The molecule has 2 amide bonds. The van der Waals surface area contributed by atoms with Crippen LogP contribution in [-0.4, -0.2) is 24.7 Å². The molecule has 2 aromatic carbocycles. The molecule has 0 aliphatic heterocycles. The summed E-state index contributed by atoms with van der Waals surface area (Å²) in [5.74, 6) is -0.112. The van der Waals surface area contributed by atoms with Crippen molar-refractivity contribution in [2.45, 2.75) is 6.42 Å². The van der Waals surface area contributed by atoms with E-state index in [4.69, 9.17) is 0 Å². The van der Waals surface area contributed by atoms with Crippen LogP contribution in [0, 0.1) is 5.82 Å². The van der Waals surface area contributed by atoms with Crippen LogP contribution in [0.25, 0.3) is 0 Å². The van der Waals surface area contributed by atoms with Gasteiger partial charge in [-0.2, -0.15) is 0 Å². The van der Waals surface area contributed by atoms with Crippen molar-refractivity contribution in [2.24, 2.45) is 0 Å². The number of halogens is 1. The highest BCUT2D eigenvalue weighted by molar-refractivity contribution is 5.91. The molecule has 0 aliphatic carbocycles. The van der Waals surface area contributed by atoms with E-state index in [1.165, 1.54) is 29.2 Å². The molecule has 21 heavy (non-hydrogen) atoms. The highest BCUT2D eigenvalue weighted by Gasteiger charge is 2.09. The number of urea groups is 1. The number of nitrogens with one attached hydrogen (secondary N) is 1. The smallest absolute Gasteiger partial charge is 0.321 e. The average Bonchev–Trinajstić information content (AvgIpc) is 2.49. The van der Waals surface area contributed by atoms with Crippen molar-refractivity contribution in [1.29, 1.82) is 0 Å². The molecule has 0 atom stereocenters. The normalized spacial score (nSPS) is 10.2. The fourth-order valence-corrected chi connectivity index (χ4v) is 1.88. The Kier molecular flexibility index (Phi) is 4.77. The summed E-state index contributed by atoms with van der Waals surface area (Å²) in [6.07, 6.45) is 0.634. The summed E-state index contributed by atoms with van der Waals surface area (Å²) in [5.41, 5.74) is 1.65. The van der Waals surface area contributed by atoms with Gasteiger partial charge in [-0.05, 0) is 48.4 Å². The maximum absolute atomic E-state index is 12.8. The molecule has 2 aromatic rings. The molecule has 0 saturated heterocycles. The van der Waals surface area contributed by atoms with Crippen LogP contribution in [0.5, 0.6) is 5.75 Å². The van der Waals surface area contributed by atoms with Crippen molar-refractivity contribution in [1.82, 2.24) is 5.32 Å². The highest BCUT2D eigenvalue weighted by atomic mass is 19.1. The maximum atomic E-state index is 12.8. The molecule has 0 aliphatic rings. The second-order valence-corrected chi connectivity index (χ2v) is 4.68. The molecule has 2 rings (SSSR count). The largest absolute Gasteiger partial charge is 0.508 e. The molecule has 0 spiro atoms. The number of hydrogen-bond acceptors (Lipinski definition) is 2. The van der Waals surface area contributed by atoms with Crippen molar-refractivity contribution in [3.8, 4) is 5.75 Å². The second-order valence-electron chi connectivity index (χ2n) is 4.68. The molecule has 0 radical (unpaired) electrons. The summed E-state index contributed by atoms with van der Waals surface area (Å²) < 4.78 is 12.8. The molecular formula is C16H17FN2O2. The number of phenols is 1. The number of rotatable bonds is 4. The third-order valence-electron chi connectivity index (χ3n) is 3.14. The number of hydrogen-bond donors (Lipinski definition) is 2. The molecule has 110 valence electrons. The molecule has 0 unspecified atom stereocenters. The molecule has 0 heterocycles. The molecule has 5 heteroatoms. The summed E-state index contributed by atoms with van der Waals surface area (Å²) in [4.78, 5) is 13.4. The van der Waals surface area contributed by atoms with E-state index in [-0.39, 0.29) is 17.6 Å². The summed E-state index contributed by atoms with van der Waals surface area (Å²) in [6, 6.07) is 12.3. The van der Waals surface area contributed by atoms with E-state index in [2.05, 4.69) is 5.32 Å². The van der Waals surface area contributed by atoms with E-state index in [0.717, 1.165) is 5.56 Å². The Balaban J connectivity index is 1.83. The SMILES string of the molecule is CN(C(=O)NCCc1ccc(F)cc1)c1ccc(O)cc1. The number of carbonyl (C=O) groups is 1. The van der Waals surface area contributed by atoms with E-state index in [9.17, 15) is 14.3 Å². The number of carbonyl (C=O) groups excluding carboxylic acids is 1. The van der Waals surface area contributed by atoms with Gasteiger partial charge in [0.05, 0.1) is 0 Å². The Morgan fingerprint density at radius 1 is 1.14 bits per heavy atom. The third-order valence-corrected chi connectivity index (χ3v) is 3.14. The van der Waals surface area contributed by atoms with Crippen LogP contribution >= 0.6 is 0 Å². The van der Waals surface area contributed by atoms with Gasteiger partial charge in [-0.25, -0.2) is 9.18 Å². The molecule has 2 N–H and O–H groups in total. The standard InChI is InChI=1S/C16H17FN2O2/c1-19(14-6-8-15(20)9-7-14)16(21)18-11-10-12-2-4-13(17)5-3-12/h2-9,20H,10-11H2,1H3,(H,18,21). The topological polar surface area (TPSA) is 52.6 Å². The van der Waals surface area contributed by atoms with Crippen molar-refractivity contribution in [3.63, 3.8) is 0 Å². The fourth-order valence-electron chi connectivity index (χ4n) is 1.88. The van der Waals surface area contributed by atoms with Gasteiger partial charge >= 0.3 is 6.03 Å². The summed E-state index contributed by atoms with van der Waals surface area (Å²) in [5, 5.41) is 12.0. The summed E-state index contributed by atoms with van der Waals surface area (Å²) in [6.45, 7) is 0.465. The Labute approximate surface area is 122 Å². The van der Waals surface area contributed by atoms with Gasteiger partial charge in [-0.1, -0.05) is 12.1 Å². The van der Waals surface area contributed by atoms with Gasteiger partial charge in [0.25, 0.3) is 0 Å². The van der Waals surface area contributed by atoms with E-state index < -0.39 is 0 Å². The van der Waals surface area contributed by atoms with Gasteiger partial charge < -0.3 is 10.4 Å². The van der Waals surface area contributed by atoms with Crippen LogP contribution in [0.3, 0.4) is 0 Å². The lowest BCUT2D eigenvalue weighted by Crippen LogP contribution is -2.38. The zero-order chi connectivity index (χ0) is 15.2. The molecule has 0 aromatic heterocycles. The number of anilines is 1. The minimum absolute atomic E-state index is 0.156. The number of nitrogens with zero attached hydrogens (tertiary/aromatic N) is 1. The zero-order valence-corrected chi connectivity index (χ0v) is 11.7. The summed E-state index contributed by atoms with van der Waals surface area (Å²) >= 11 is 0. The van der Waals surface area contributed by atoms with Gasteiger partial charge in [-0.15, -0.1) is 0 Å². The maximum Gasteiger partial charge on any atom is 0.321 e. The van der Waals surface area contributed by atoms with Crippen molar-refractivity contribution >= 4 is 11.7 Å². The van der Waals surface area contributed by atoms with Crippen LogP contribution in [0.15, 0.2) is 48.5 Å². The van der Waals surface area contributed by atoms with Crippen LogP contribution < -0.4 is 10.2 Å². The van der Waals surface area contributed by atoms with Gasteiger partial charge in [0.2, 0.25) is 0 Å². The molecule has 4 nitrogen and oxygen atoms in total. The number of phenolic OH excluding ortho intramolecular Hbond substituents is 1. The van der Waals surface area contributed by atoms with Gasteiger partial charge in [0.15, 0.2) is 0 Å². The minimum Gasteiger partial charge on any atom is -0.508 e. The number of aromatic hydroxyl groups is 1. The third kappa shape index (κ3) is 4.21. The molecule has 0 saturated carbocycles. The number of amides is 2. The van der Waals surface area contributed by atoms with Crippen molar-refractivity contribution < 1.29 is 14.3 Å². The van der Waals surface area contributed by atoms with Gasteiger partial charge in [0.1, 0.15) is 11.6 Å². The first-order valence-electron chi connectivity index (χ1n) is 6.61. The fraction of sp³-hybridized carbons (Fsp3) is 0.188. The van der Waals surface area contributed by atoms with Crippen LogP contribution in [-0.2, 0) is 6.42 Å². The van der Waals surface area contributed by atoms with Gasteiger partial charge in [0, 0.05) is 19.3 Å². The van der Waals surface area contributed by atoms with E-state index in [1.54, 1.807) is 31.3 Å². The van der Waals surface area contributed by atoms with E-state index in [0.29, 0.717) is 18.7 Å². The van der Waals surface area contributed by atoms with Crippen LogP contribution in [0.2, 0.25) is 0 Å². The van der Waals surface area contributed by atoms with Crippen LogP contribution in [0.4, 0.5) is 14.9 Å². The number of benzene rings is 2. The van der Waals surface area contributed by atoms with Gasteiger partial charge in [-0.3, -0.25) is 4.90 Å². The lowest BCUT2D eigenvalue weighted by Gasteiger charge is -2.18. The Hall–Kier alpha value is -2.56. The van der Waals surface area contributed by atoms with E-state index in [1.807, 2.05) is 0 Å². The quantitative estimate of drug-likeness (QED) is 0.909. The summed E-state index contributed by atoms with van der Waals surface area (Å²) in [7, 11) is 1.65. The van der Waals surface area contributed by atoms with Crippen LogP contribution in [0.1, 0.15) is 5.56 Å². The average molecular weight is 288 g/mol. The predicted molar refractivity (Wildman–Crippen MR) is 80.0 cm³/mol. The Morgan fingerprint density at radius 2 is 1.76 bits per heavy atom. The zero-order valence-electron chi connectivity index (χ0n) is 11.7. The Morgan fingerprint density at radius 3 is 2.38 bits per heavy atom. The minimum atomic E-state index is -0.269. The first kappa shape index (κ1) is 14.8. The molecule has 0 bridgehead atoms. The highest BCUT2D eigenvalue weighted by Crippen LogP contribution is 2.17. The lowest BCUT2D eigenvalue weighted by atomic mass is 10.1. The van der Waals surface area contributed by atoms with Crippen molar-refractivity contribution in [2.75, 3.05) is 18.5 Å². The lowest BCUT2D eigenvalue weighted by molar-refractivity contribution is 0.247. The first-order valence-corrected chi connectivity index (χ1v) is 6.61. The van der Waals surface area contributed by atoms with Crippen molar-refractivity contribution in [3.05, 3.63) is 59.9 Å². The first-order chi connectivity index (χ1) is 10.1. The molecular weight excluding hydrogens is 271 g/mol.